The van der Waals surface area contributed by atoms with Crippen LogP contribution in [0.25, 0.3) is 0 Å². The van der Waals surface area contributed by atoms with Crippen molar-refractivity contribution in [2.45, 2.75) is 0 Å². The van der Waals surface area contributed by atoms with Crippen molar-refractivity contribution >= 4 is 54.3 Å². The molecule has 0 fully saturated rings. The Balaban J connectivity index is -0.00000000610. The van der Waals surface area contributed by atoms with E-state index >= 15 is 0 Å². The van der Waals surface area contributed by atoms with Gasteiger partial charge in [0.1, 0.15) is 0 Å². The molecule has 0 aliphatic heterocycles. The Morgan fingerprint density at radius 2 is 0.235 bits per heavy atom. The van der Waals surface area contributed by atoms with Crippen molar-refractivity contribution in [2.75, 3.05) is 0 Å². The molecule has 0 heterocycles. The molecule has 0 aliphatic carbocycles. The number of hydrogen-bond acceptors (Lipinski definition) is 8. The third-order valence-corrected chi connectivity index (χ3v) is 0. The van der Waals surface area contributed by atoms with E-state index in [0.29, 0.717) is 0 Å². The van der Waals surface area contributed by atoms with E-state index in [1.54, 1.807) is 0 Å². The third kappa shape index (κ3) is 429. The third-order valence-electron chi connectivity index (χ3n) is 0. The van der Waals surface area contributed by atoms with Crippen molar-refractivity contribution in [3.8, 4) is 0 Å². The predicted octanol–water partition coefficient (Wildman–Crippen LogP) is -2.20. The number of hydrogen-bond donors (Lipinski definition) is 0. The SMILES string of the molecule is [CH-]=O.[CH-]=O.[CH-]=O.[CH-]=O.[CH-]=O.[CH-]=O.[CH-]=O.[CH-]=O.[Co]. The van der Waals surface area contributed by atoms with Crippen LogP contribution in [0.1, 0.15) is 0 Å². The van der Waals surface area contributed by atoms with E-state index in [0.717, 1.165) is 0 Å². The van der Waals surface area contributed by atoms with E-state index in [4.69, 9.17) is 38.4 Å². The maximum absolute atomic E-state index is 7.75. The summed E-state index contributed by atoms with van der Waals surface area (Å²) in [5.41, 5.74) is 0. The van der Waals surface area contributed by atoms with E-state index in [9.17, 15) is 0 Å². The molecule has 0 spiro atoms. The van der Waals surface area contributed by atoms with Crippen LogP contribution in [0.4, 0.5) is 0 Å². The summed E-state index contributed by atoms with van der Waals surface area (Å²) in [6.45, 7) is 26.0. The molecule has 1 radical (unpaired) electrons. The van der Waals surface area contributed by atoms with Gasteiger partial charge < -0.3 is 38.4 Å². The number of rotatable bonds is 0. The minimum Gasteiger partial charge on any atom is -0.545 e. The fraction of sp³-hybridized carbons (Fsp3) is 0. The minimum atomic E-state index is 0. The summed E-state index contributed by atoms with van der Waals surface area (Å²) < 4.78 is 0. The van der Waals surface area contributed by atoms with Crippen LogP contribution in [0.5, 0.6) is 0 Å². The summed E-state index contributed by atoms with van der Waals surface area (Å²) in [6.07, 6.45) is 0. The van der Waals surface area contributed by atoms with Crippen molar-refractivity contribution in [3.63, 3.8) is 0 Å². The van der Waals surface area contributed by atoms with Crippen LogP contribution in [-0.4, -0.2) is 54.3 Å². The maximum Gasteiger partial charge on any atom is 0 e. The van der Waals surface area contributed by atoms with Crippen LogP contribution < -0.4 is 0 Å². The molecular formula is C8H8CoO8-8. The fourth-order valence-electron chi connectivity index (χ4n) is 0. The first kappa shape index (κ1) is 83.1. The zero-order chi connectivity index (χ0) is 16.0. The zero-order valence-corrected chi connectivity index (χ0v) is 9.26. The summed E-state index contributed by atoms with van der Waals surface area (Å²) in [6, 6.07) is 0. The molecule has 0 aromatic heterocycles. The van der Waals surface area contributed by atoms with Gasteiger partial charge in [-0.05, 0) is 0 Å². The van der Waals surface area contributed by atoms with Gasteiger partial charge in [-0.25, -0.2) is 0 Å². The molecule has 0 rings (SSSR count). The van der Waals surface area contributed by atoms with Crippen molar-refractivity contribution in [2.24, 2.45) is 0 Å². The molecule has 0 bridgehead atoms. The normalized spacial score (nSPS) is 1.88. The Hall–Kier alpha value is -2.13. The second-order valence-corrected chi connectivity index (χ2v) is 0. The van der Waals surface area contributed by atoms with Crippen LogP contribution in [-0.2, 0) is 55.1 Å². The average molecular weight is 291 g/mol. The van der Waals surface area contributed by atoms with Gasteiger partial charge in [0, 0.05) is 16.8 Å². The Bertz CT molecular complexity index is 45.5. The largest absolute Gasteiger partial charge is 0.545 e. The van der Waals surface area contributed by atoms with Crippen molar-refractivity contribution in [3.05, 3.63) is 0 Å². The van der Waals surface area contributed by atoms with Crippen LogP contribution in [0.2, 0.25) is 0 Å². The first-order chi connectivity index (χ1) is 8.00. The molecule has 0 N–H and O–H groups in total. The van der Waals surface area contributed by atoms with Gasteiger partial charge in [0.05, 0.1) is 0 Å². The first-order valence-corrected chi connectivity index (χ1v) is 1.89. The topological polar surface area (TPSA) is 137 Å². The smallest absolute Gasteiger partial charge is 0 e. The summed E-state index contributed by atoms with van der Waals surface area (Å²) in [5, 5.41) is 0. The molecule has 0 aliphatic rings. The standard InChI is InChI=1S/8CHO.Co/c8*1-2;/h8*1H;/q8*-1;. The van der Waals surface area contributed by atoms with Crippen molar-refractivity contribution in [1.82, 2.24) is 0 Å². The number of carbonyl (C=O) groups excluding carboxylic acids is 8. The summed E-state index contributed by atoms with van der Waals surface area (Å²) in [4.78, 5) is 62.0. The molecule has 17 heavy (non-hydrogen) atoms. The maximum atomic E-state index is 7.75. The molecule has 0 atom stereocenters. The summed E-state index contributed by atoms with van der Waals surface area (Å²) >= 11 is 0. The average Bonchev–Trinajstić information content (AvgIpc) is 2.54. The van der Waals surface area contributed by atoms with Crippen LogP contribution in [0, 0.1) is 0 Å². The van der Waals surface area contributed by atoms with Gasteiger partial charge in [0.2, 0.25) is 0 Å². The Kier molecular flexibility index (Phi) is 2460. The molecule has 0 amide bonds. The van der Waals surface area contributed by atoms with Gasteiger partial charge >= 0.3 is 0 Å². The first-order valence-electron chi connectivity index (χ1n) is 1.89. The Morgan fingerprint density at radius 3 is 0.235 bits per heavy atom. The summed E-state index contributed by atoms with van der Waals surface area (Å²) in [7, 11) is 0. The fourth-order valence-corrected chi connectivity index (χ4v) is 0. The molecule has 105 valence electrons. The minimum absolute atomic E-state index is 0. The van der Waals surface area contributed by atoms with Crippen molar-refractivity contribution < 1.29 is 55.1 Å². The molecule has 0 unspecified atom stereocenters. The van der Waals surface area contributed by atoms with Gasteiger partial charge in [-0.15, -0.1) is 0 Å². The molecule has 0 saturated heterocycles. The van der Waals surface area contributed by atoms with E-state index in [2.05, 4.69) is 54.3 Å². The van der Waals surface area contributed by atoms with E-state index in [1.165, 1.54) is 0 Å². The van der Waals surface area contributed by atoms with Crippen molar-refractivity contribution in [1.29, 1.82) is 0 Å². The van der Waals surface area contributed by atoms with Gasteiger partial charge in [0.25, 0.3) is 0 Å². The molecule has 0 saturated carbocycles. The van der Waals surface area contributed by atoms with Gasteiger partial charge in [-0.1, -0.05) is 0 Å². The van der Waals surface area contributed by atoms with Gasteiger partial charge in [0.15, 0.2) is 0 Å². The molecule has 9 heteroatoms. The van der Waals surface area contributed by atoms with E-state index < -0.39 is 0 Å². The quantitative estimate of drug-likeness (QED) is 0.362. The Morgan fingerprint density at radius 1 is 0.235 bits per heavy atom. The second kappa shape index (κ2) is 504. The van der Waals surface area contributed by atoms with Gasteiger partial charge in [-0.3, -0.25) is 54.3 Å². The molecule has 0 aromatic rings. The molecule has 8 nitrogen and oxygen atoms in total. The van der Waals surface area contributed by atoms with Crippen LogP contribution in [0.3, 0.4) is 0 Å². The molecular weight excluding hydrogens is 283 g/mol. The zero-order valence-electron chi connectivity index (χ0n) is 8.22. The van der Waals surface area contributed by atoms with Crippen LogP contribution in [0.15, 0.2) is 0 Å². The van der Waals surface area contributed by atoms with Crippen LogP contribution >= 0.6 is 0 Å². The predicted molar refractivity (Wildman–Crippen MR) is 54.0 cm³/mol. The molecule has 0 aromatic carbocycles. The second-order valence-electron chi connectivity index (χ2n) is 0. The monoisotopic (exact) mass is 291 g/mol. The van der Waals surface area contributed by atoms with Gasteiger partial charge in [-0.2, -0.15) is 0 Å². The van der Waals surface area contributed by atoms with E-state index in [-0.39, 0.29) is 16.8 Å². The summed E-state index contributed by atoms with van der Waals surface area (Å²) in [5.74, 6) is 0. The van der Waals surface area contributed by atoms with E-state index in [1.807, 2.05) is 0 Å². The Labute approximate surface area is 110 Å².